The monoisotopic (exact) mass is 382 g/mol. The zero-order valence-electron chi connectivity index (χ0n) is 14.7. The Balaban J connectivity index is 1.56. The minimum atomic E-state index is -0.948. The van der Waals surface area contributed by atoms with E-state index in [9.17, 15) is 14.0 Å². The van der Waals surface area contributed by atoms with Crippen LogP contribution in [0.3, 0.4) is 0 Å². The summed E-state index contributed by atoms with van der Waals surface area (Å²) in [5.41, 5.74) is 2.60. The Labute approximate surface area is 161 Å². The van der Waals surface area contributed by atoms with Crippen molar-refractivity contribution in [2.45, 2.75) is 24.3 Å². The number of carbonyl (C=O) groups is 2. The SMILES string of the molecule is O=C(C1CC1)N1CCSC12C(=O)N(Cc1ccc(F)cc1)c1ccccc12. The lowest BCUT2D eigenvalue weighted by molar-refractivity contribution is -0.141. The third-order valence-electron chi connectivity index (χ3n) is 5.55. The van der Waals surface area contributed by atoms with Crippen LogP contribution in [-0.4, -0.2) is 29.0 Å². The van der Waals surface area contributed by atoms with E-state index < -0.39 is 4.87 Å². The second-order valence-electron chi connectivity index (χ2n) is 7.29. The summed E-state index contributed by atoms with van der Waals surface area (Å²) in [4.78, 5) is 29.2. The minimum absolute atomic E-state index is 0.0653. The van der Waals surface area contributed by atoms with E-state index in [0.29, 0.717) is 13.1 Å². The molecule has 1 saturated carbocycles. The Hall–Kier alpha value is -2.34. The first-order chi connectivity index (χ1) is 13.1. The molecule has 0 aromatic heterocycles. The molecular formula is C21H19FN2O2S. The van der Waals surface area contributed by atoms with E-state index in [4.69, 9.17) is 0 Å². The van der Waals surface area contributed by atoms with Crippen molar-refractivity contribution < 1.29 is 14.0 Å². The van der Waals surface area contributed by atoms with E-state index in [1.807, 2.05) is 24.3 Å². The number of rotatable bonds is 3. The molecule has 3 aliphatic rings. The van der Waals surface area contributed by atoms with Crippen molar-refractivity contribution in [2.75, 3.05) is 17.2 Å². The van der Waals surface area contributed by atoms with Crippen LogP contribution in [0.15, 0.2) is 48.5 Å². The van der Waals surface area contributed by atoms with Crippen LogP contribution in [0, 0.1) is 11.7 Å². The summed E-state index contributed by atoms with van der Waals surface area (Å²) >= 11 is 1.56. The highest BCUT2D eigenvalue weighted by Gasteiger charge is 2.60. The van der Waals surface area contributed by atoms with E-state index in [-0.39, 0.29) is 23.5 Å². The van der Waals surface area contributed by atoms with Gasteiger partial charge < -0.3 is 9.80 Å². The molecule has 1 unspecified atom stereocenters. The van der Waals surface area contributed by atoms with Crippen LogP contribution in [0.25, 0.3) is 0 Å². The molecule has 1 saturated heterocycles. The van der Waals surface area contributed by atoms with E-state index in [1.54, 1.807) is 33.7 Å². The van der Waals surface area contributed by atoms with Gasteiger partial charge in [-0.05, 0) is 36.6 Å². The van der Waals surface area contributed by atoms with Gasteiger partial charge in [0, 0.05) is 23.8 Å². The lowest BCUT2D eigenvalue weighted by atomic mass is 10.1. The number of carbonyl (C=O) groups excluding carboxylic acids is 2. The number of benzene rings is 2. The summed E-state index contributed by atoms with van der Waals surface area (Å²) in [6, 6.07) is 13.9. The number of para-hydroxylation sites is 1. The Morgan fingerprint density at radius 1 is 1.15 bits per heavy atom. The predicted octanol–water partition coefficient (Wildman–Crippen LogP) is 3.51. The summed E-state index contributed by atoms with van der Waals surface area (Å²) in [5, 5.41) is 0. The quantitative estimate of drug-likeness (QED) is 0.816. The van der Waals surface area contributed by atoms with Crippen LogP contribution in [0.1, 0.15) is 24.0 Å². The Bertz CT molecular complexity index is 928. The lowest BCUT2D eigenvalue weighted by Crippen LogP contribution is -2.50. The molecule has 27 heavy (non-hydrogen) atoms. The molecule has 2 heterocycles. The number of hydrogen-bond donors (Lipinski definition) is 0. The summed E-state index contributed by atoms with van der Waals surface area (Å²) in [5.74, 6) is 0.571. The molecule has 2 aromatic carbocycles. The smallest absolute Gasteiger partial charge is 0.268 e. The first-order valence-corrected chi connectivity index (χ1v) is 10.2. The highest BCUT2D eigenvalue weighted by Crippen LogP contribution is 2.55. The molecule has 138 valence electrons. The number of anilines is 1. The molecule has 4 nitrogen and oxygen atoms in total. The van der Waals surface area contributed by atoms with E-state index in [1.165, 1.54) is 12.1 Å². The molecule has 0 N–H and O–H groups in total. The van der Waals surface area contributed by atoms with Crippen molar-refractivity contribution in [2.24, 2.45) is 5.92 Å². The highest BCUT2D eigenvalue weighted by molar-refractivity contribution is 8.01. The zero-order chi connectivity index (χ0) is 18.6. The van der Waals surface area contributed by atoms with Gasteiger partial charge in [0.15, 0.2) is 4.87 Å². The predicted molar refractivity (Wildman–Crippen MR) is 103 cm³/mol. The van der Waals surface area contributed by atoms with Gasteiger partial charge in [-0.2, -0.15) is 0 Å². The normalized spacial score (nSPS) is 24.0. The molecule has 2 fully saturated rings. The van der Waals surface area contributed by atoms with Crippen molar-refractivity contribution in [3.05, 3.63) is 65.5 Å². The average molecular weight is 382 g/mol. The highest BCUT2D eigenvalue weighted by atomic mass is 32.2. The van der Waals surface area contributed by atoms with Crippen molar-refractivity contribution in [3.8, 4) is 0 Å². The molecule has 0 bridgehead atoms. The van der Waals surface area contributed by atoms with E-state index >= 15 is 0 Å². The Kier molecular flexibility index (Phi) is 3.79. The van der Waals surface area contributed by atoms with Crippen LogP contribution in [0.2, 0.25) is 0 Å². The minimum Gasteiger partial charge on any atom is -0.315 e. The summed E-state index contributed by atoms with van der Waals surface area (Å²) < 4.78 is 13.3. The molecule has 0 radical (unpaired) electrons. The van der Waals surface area contributed by atoms with Gasteiger partial charge in [0.2, 0.25) is 5.91 Å². The largest absolute Gasteiger partial charge is 0.315 e. The fourth-order valence-electron chi connectivity index (χ4n) is 4.07. The Morgan fingerprint density at radius 2 is 1.89 bits per heavy atom. The second kappa shape index (κ2) is 6.09. The standard InChI is InChI=1S/C21H19FN2O2S/c22-16-9-5-14(6-10-16)13-23-18-4-2-1-3-17(18)21(20(23)26)24(11-12-27-21)19(25)15-7-8-15/h1-6,9-10,15H,7-8,11-13H2. The third-order valence-corrected chi connectivity index (χ3v) is 6.97. The maximum absolute atomic E-state index is 13.7. The van der Waals surface area contributed by atoms with Crippen molar-refractivity contribution in [1.29, 1.82) is 0 Å². The number of fused-ring (bicyclic) bond motifs is 2. The van der Waals surface area contributed by atoms with Gasteiger partial charge in [0.25, 0.3) is 5.91 Å². The van der Waals surface area contributed by atoms with Crippen LogP contribution >= 0.6 is 11.8 Å². The zero-order valence-corrected chi connectivity index (χ0v) is 15.5. The summed E-state index contributed by atoms with van der Waals surface area (Å²) in [7, 11) is 0. The van der Waals surface area contributed by atoms with Crippen LogP contribution < -0.4 is 4.90 Å². The number of amides is 2. The van der Waals surface area contributed by atoms with E-state index in [2.05, 4.69) is 0 Å². The van der Waals surface area contributed by atoms with Crippen LogP contribution in [0.5, 0.6) is 0 Å². The fourth-order valence-corrected chi connectivity index (χ4v) is 5.54. The van der Waals surface area contributed by atoms with Crippen molar-refractivity contribution in [1.82, 2.24) is 4.90 Å². The topological polar surface area (TPSA) is 40.6 Å². The van der Waals surface area contributed by atoms with Gasteiger partial charge in [0.05, 0.1) is 12.2 Å². The average Bonchev–Trinajstić information content (AvgIpc) is 3.40. The molecule has 1 spiro atoms. The number of hydrogen-bond acceptors (Lipinski definition) is 3. The van der Waals surface area contributed by atoms with Gasteiger partial charge in [-0.25, -0.2) is 4.39 Å². The molecule has 5 rings (SSSR count). The maximum Gasteiger partial charge on any atom is 0.268 e. The van der Waals surface area contributed by atoms with Crippen molar-refractivity contribution >= 4 is 29.3 Å². The number of halogens is 1. The summed E-state index contributed by atoms with van der Waals surface area (Å²) in [6.07, 6.45) is 1.84. The Morgan fingerprint density at radius 3 is 2.63 bits per heavy atom. The molecule has 1 atom stereocenters. The fraction of sp³-hybridized carbons (Fsp3) is 0.333. The third kappa shape index (κ3) is 2.50. The van der Waals surface area contributed by atoms with Gasteiger partial charge >= 0.3 is 0 Å². The molecule has 2 amide bonds. The van der Waals surface area contributed by atoms with Gasteiger partial charge in [-0.15, -0.1) is 11.8 Å². The molecule has 2 aromatic rings. The molecular weight excluding hydrogens is 363 g/mol. The first kappa shape index (κ1) is 16.8. The first-order valence-electron chi connectivity index (χ1n) is 9.22. The molecule has 6 heteroatoms. The second-order valence-corrected chi connectivity index (χ2v) is 8.58. The number of nitrogens with zero attached hydrogens (tertiary/aromatic N) is 2. The van der Waals surface area contributed by atoms with Crippen LogP contribution in [-0.2, 0) is 21.0 Å². The lowest BCUT2D eigenvalue weighted by Gasteiger charge is -2.33. The molecule has 1 aliphatic carbocycles. The van der Waals surface area contributed by atoms with Gasteiger partial charge in [-0.1, -0.05) is 30.3 Å². The van der Waals surface area contributed by atoms with Crippen LogP contribution in [0.4, 0.5) is 10.1 Å². The van der Waals surface area contributed by atoms with Crippen molar-refractivity contribution in [3.63, 3.8) is 0 Å². The number of thioether (sulfide) groups is 1. The van der Waals surface area contributed by atoms with Gasteiger partial charge in [-0.3, -0.25) is 9.59 Å². The van der Waals surface area contributed by atoms with Gasteiger partial charge in [0.1, 0.15) is 5.82 Å². The van der Waals surface area contributed by atoms with E-state index in [0.717, 1.165) is 35.4 Å². The summed E-state index contributed by atoms with van der Waals surface area (Å²) in [6.45, 7) is 0.967. The maximum atomic E-state index is 13.7. The molecule has 2 aliphatic heterocycles.